The number of hydrogen-bond donors (Lipinski definition) is 1. The van der Waals surface area contributed by atoms with Crippen LogP contribution in [-0.4, -0.2) is 16.7 Å². The van der Waals surface area contributed by atoms with Gasteiger partial charge in [0.25, 0.3) is 0 Å². The van der Waals surface area contributed by atoms with E-state index in [1.54, 1.807) is 11.3 Å². The Morgan fingerprint density at radius 3 is 2.53 bits per heavy atom. The Kier molecular flexibility index (Phi) is 4.38. The Balaban J connectivity index is 2.21. The summed E-state index contributed by atoms with van der Waals surface area (Å²) in [5.41, 5.74) is 2.43. The molecule has 1 aromatic heterocycles. The largest absolute Gasteiger partial charge is 0.396 e. The Labute approximate surface area is 119 Å². The molecule has 1 N–H and O–H groups in total. The first-order valence-electron chi connectivity index (χ1n) is 6.64. The van der Waals surface area contributed by atoms with Gasteiger partial charge in [0.05, 0.1) is 10.7 Å². The van der Waals surface area contributed by atoms with Crippen molar-refractivity contribution in [1.29, 1.82) is 0 Å². The van der Waals surface area contributed by atoms with E-state index in [0.29, 0.717) is 6.42 Å². The number of rotatable bonds is 5. The van der Waals surface area contributed by atoms with Crippen LogP contribution in [0.3, 0.4) is 0 Å². The van der Waals surface area contributed by atoms with Gasteiger partial charge in [-0.25, -0.2) is 4.98 Å². The van der Waals surface area contributed by atoms with Crippen LogP contribution in [0.15, 0.2) is 30.3 Å². The molecule has 0 spiro atoms. The van der Waals surface area contributed by atoms with Gasteiger partial charge >= 0.3 is 0 Å². The standard InChI is InChI=1S/C16H21NOS/c1-12-14(9-10-18)19-15(17-12)16(2,3)11-13-7-5-4-6-8-13/h4-8,18H,9-11H2,1-3H3. The minimum absolute atomic E-state index is 0.0322. The number of aromatic nitrogens is 1. The average Bonchev–Trinajstić information content (AvgIpc) is 2.73. The molecule has 1 aromatic carbocycles. The summed E-state index contributed by atoms with van der Waals surface area (Å²) in [5, 5.41) is 10.2. The fraction of sp³-hybridized carbons (Fsp3) is 0.438. The molecule has 2 aromatic rings. The number of aryl methyl sites for hydroxylation is 1. The molecule has 0 unspecified atom stereocenters. The van der Waals surface area contributed by atoms with Crippen LogP contribution in [0.1, 0.15) is 35.0 Å². The van der Waals surface area contributed by atoms with Crippen LogP contribution in [0.25, 0.3) is 0 Å². The summed E-state index contributed by atoms with van der Waals surface area (Å²) in [7, 11) is 0. The van der Waals surface area contributed by atoms with Gasteiger partial charge in [-0.1, -0.05) is 44.2 Å². The molecule has 0 aliphatic carbocycles. The zero-order valence-electron chi connectivity index (χ0n) is 11.8. The molecule has 19 heavy (non-hydrogen) atoms. The van der Waals surface area contributed by atoms with E-state index in [1.807, 2.05) is 13.0 Å². The molecule has 0 atom stereocenters. The van der Waals surface area contributed by atoms with E-state index in [0.717, 1.165) is 17.1 Å². The number of aliphatic hydroxyl groups excluding tert-OH is 1. The molecule has 102 valence electrons. The van der Waals surface area contributed by atoms with Gasteiger partial charge in [-0.15, -0.1) is 11.3 Å². The Morgan fingerprint density at radius 2 is 1.89 bits per heavy atom. The number of aliphatic hydroxyl groups is 1. The SMILES string of the molecule is Cc1nc(C(C)(C)Cc2ccccc2)sc1CCO. The van der Waals surface area contributed by atoms with E-state index in [-0.39, 0.29) is 12.0 Å². The maximum absolute atomic E-state index is 9.07. The second-order valence-electron chi connectivity index (χ2n) is 5.55. The van der Waals surface area contributed by atoms with E-state index in [9.17, 15) is 0 Å². The normalized spacial score (nSPS) is 11.8. The molecule has 2 rings (SSSR count). The van der Waals surface area contributed by atoms with E-state index < -0.39 is 0 Å². The quantitative estimate of drug-likeness (QED) is 0.906. The monoisotopic (exact) mass is 275 g/mol. The minimum Gasteiger partial charge on any atom is -0.396 e. The third-order valence-electron chi connectivity index (χ3n) is 3.30. The lowest BCUT2D eigenvalue weighted by Crippen LogP contribution is -2.20. The summed E-state index contributed by atoms with van der Waals surface area (Å²) in [6.45, 7) is 6.70. The summed E-state index contributed by atoms with van der Waals surface area (Å²) in [4.78, 5) is 5.91. The molecule has 0 saturated carbocycles. The first kappa shape index (κ1) is 14.2. The fourth-order valence-electron chi connectivity index (χ4n) is 2.23. The first-order valence-corrected chi connectivity index (χ1v) is 7.46. The maximum Gasteiger partial charge on any atom is 0.0990 e. The highest BCUT2D eigenvalue weighted by Crippen LogP contribution is 2.32. The van der Waals surface area contributed by atoms with Crippen molar-refractivity contribution in [3.63, 3.8) is 0 Å². The highest BCUT2D eigenvalue weighted by Gasteiger charge is 2.25. The molecule has 1 heterocycles. The second kappa shape index (κ2) is 5.85. The number of hydrogen-bond acceptors (Lipinski definition) is 3. The van der Waals surface area contributed by atoms with E-state index in [1.165, 1.54) is 10.4 Å². The molecule has 0 aliphatic rings. The van der Waals surface area contributed by atoms with Gasteiger partial charge in [0.15, 0.2) is 0 Å². The van der Waals surface area contributed by atoms with Gasteiger partial charge in [-0.05, 0) is 18.9 Å². The molecule has 0 aliphatic heterocycles. The molecule has 0 fully saturated rings. The minimum atomic E-state index is 0.0322. The number of nitrogens with zero attached hydrogens (tertiary/aromatic N) is 1. The van der Waals surface area contributed by atoms with Crippen LogP contribution in [0.2, 0.25) is 0 Å². The predicted molar refractivity (Wildman–Crippen MR) is 80.8 cm³/mol. The molecule has 0 radical (unpaired) electrons. The molecule has 2 nitrogen and oxygen atoms in total. The lowest BCUT2D eigenvalue weighted by atomic mass is 9.86. The fourth-order valence-corrected chi connectivity index (χ4v) is 3.38. The van der Waals surface area contributed by atoms with Crippen molar-refractivity contribution in [2.24, 2.45) is 0 Å². The van der Waals surface area contributed by atoms with Crippen molar-refractivity contribution < 1.29 is 5.11 Å². The van der Waals surface area contributed by atoms with Crippen molar-refractivity contribution in [2.75, 3.05) is 6.61 Å². The summed E-state index contributed by atoms with van der Waals surface area (Å²) in [6.07, 6.45) is 1.70. The van der Waals surface area contributed by atoms with Gasteiger partial charge in [-0.3, -0.25) is 0 Å². The zero-order chi connectivity index (χ0) is 13.9. The van der Waals surface area contributed by atoms with Gasteiger partial charge in [0.2, 0.25) is 0 Å². The second-order valence-corrected chi connectivity index (χ2v) is 6.63. The Bertz CT molecular complexity index is 531. The molecule has 0 amide bonds. The maximum atomic E-state index is 9.07. The Hall–Kier alpha value is -1.19. The topological polar surface area (TPSA) is 33.1 Å². The van der Waals surface area contributed by atoms with Gasteiger partial charge < -0.3 is 5.11 Å². The highest BCUT2D eigenvalue weighted by atomic mass is 32.1. The van der Waals surface area contributed by atoms with E-state index in [4.69, 9.17) is 10.1 Å². The third-order valence-corrected chi connectivity index (χ3v) is 4.88. The Morgan fingerprint density at radius 1 is 1.21 bits per heavy atom. The summed E-state index contributed by atoms with van der Waals surface area (Å²) >= 11 is 1.74. The van der Waals surface area contributed by atoms with Gasteiger partial charge in [0, 0.05) is 23.3 Å². The third kappa shape index (κ3) is 3.43. The predicted octanol–water partition coefficient (Wildman–Crippen LogP) is 3.51. The average molecular weight is 275 g/mol. The van der Waals surface area contributed by atoms with Crippen LogP contribution in [-0.2, 0) is 18.3 Å². The van der Waals surface area contributed by atoms with E-state index in [2.05, 4.69) is 38.1 Å². The van der Waals surface area contributed by atoms with Crippen molar-refractivity contribution in [3.05, 3.63) is 51.5 Å². The van der Waals surface area contributed by atoms with Crippen LogP contribution >= 0.6 is 11.3 Å². The molecule has 0 saturated heterocycles. The number of benzene rings is 1. The smallest absolute Gasteiger partial charge is 0.0990 e. The van der Waals surface area contributed by atoms with Crippen LogP contribution in [0, 0.1) is 6.92 Å². The summed E-state index contributed by atoms with van der Waals surface area (Å²) in [6, 6.07) is 10.5. The van der Waals surface area contributed by atoms with Crippen molar-refractivity contribution in [2.45, 2.75) is 39.0 Å². The van der Waals surface area contributed by atoms with Crippen molar-refractivity contribution in [1.82, 2.24) is 4.98 Å². The van der Waals surface area contributed by atoms with Crippen LogP contribution < -0.4 is 0 Å². The molecule has 0 bridgehead atoms. The highest BCUT2D eigenvalue weighted by molar-refractivity contribution is 7.11. The lowest BCUT2D eigenvalue weighted by molar-refractivity contribution is 0.300. The number of thiazole rings is 1. The molecular weight excluding hydrogens is 254 g/mol. The van der Waals surface area contributed by atoms with Gasteiger partial charge in [0.1, 0.15) is 0 Å². The van der Waals surface area contributed by atoms with Crippen molar-refractivity contribution in [3.8, 4) is 0 Å². The summed E-state index contributed by atoms with van der Waals surface area (Å²) < 4.78 is 0. The lowest BCUT2D eigenvalue weighted by Gasteiger charge is -2.22. The van der Waals surface area contributed by atoms with Gasteiger partial charge in [-0.2, -0.15) is 0 Å². The zero-order valence-corrected chi connectivity index (χ0v) is 12.6. The van der Waals surface area contributed by atoms with Crippen molar-refractivity contribution >= 4 is 11.3 Å². The summed E-state index contributed by atoms with van der Waals surface area (Å²) in [5.74, 6) is 0. The van der Waals surface area contributed by atoms with E-state index >= 15 is 0 Å². The first-order chi connectivity index (χ1) is 9.03. The van der Waals surface area contributed by atoms with Crippen LogP contribution in [0.4, 0.5) is 0 Å². The van der Waals surface area contributed by atoms with Crippen LogP contribution in [0.5, 0.6) is 0 Å². The molecular formula is C16H21NOS. The molecule has 3 heteroatoms.